The van der Waals surface area contributed by atoms with Gasteiger partial charge in [0, 0.05) is 51.4 Å². The van der Waals surface area contributed by atoms with Crippen LogP contribution in [0.1, 0.15) is 0 Å². The highest BCUT2D eigenvalue weighted by atomic mass is 28.3. The van der Waals surface area contributed by atoms with Crippen LogP contribution in [0.4, 0.5) is 0 Å². The Hall–Kier alpha value is -7.08. The highest BCUT2D eigenvalue weighted by Crippen LogP contribution is 2.36. The van der Waals surface area contributed by atoms with Gasteiger partial charge in [0.25, 0.3) is 0 Å². The SMILES string of the molecule is c1ccc([Si]2(c3ccccc3)c3ccccc3-c3ccc(-c4cc(-c5cnc6c(ccc7cccnc76)c5)cc(-c5cccc6cccnc56)n4)cc32)cc1. The van der Waals surface area contributed by atoms with Gasteiger partial charge in [0.15, 0.2) is 8.07 Å². The van der Waals surface area contributed by atoms with Crippen molar-refractivity contribution in [2.45, 2.75) is 0 Å². The lowest BCUT2D eigenvalue weighted by atomic mass is 9.97. The van der Waals surface area contributed by atoms with Gasteiger partial charge in [0.2, 0.25) is 0 Å². The fourth-order valence-electron chi connectivity index (χ4n) is 8.79. The van der Waals surface area contributed by atoms with Crippen LogP contribution in [-0.4, -0.2) is 28.0 Å². The topological polar surface area (TPSA) is 51.6 Å². The summed E-state index contributed by atoms with van der Waals surface area (Å²) in [4.78, 5) is 20.0. The maximum Gasteiger partial charge on any atom is 0.180 e. The molecule has 4 aromatic heterocycles. The summed E-state index contributed by atoms with van der Waals surface area (Å²) in [5, 5.41) is 8.76. The molecule has 4 nitrogen and oxygen atoms in total. The number of hydrogen-bond donors (Lipinski definition) is 0. The van der Waals surface area contributed by atoms with Crippen LogP contribution < -0.4 is 20.7 Å². The Morgan fingerprint density at radius 1 is 0.345 bits per heavy atom. The summed E-state index contributed by atoms with van der Waals surface area (Å²) >= 11 is 0. The van der Waals surface area contributed by atoms with E-state index in [1.165, 1.54) is 31.9 Å². The molecule has 5 heterocycles. The van der Waals surface area contributed by atoms with Gasteiger partial charge in [0.1, 0.15) is 0 Å². The van der Waals surface area contributed by atoms with Gasteiger partial charge in [-0.2, -0.15) is 0 Å². The molecular weight excluding hydrogens is 685 g/mol. The molecule has 0 unspecified atom stereocenters. The zero-order chi connectivity index (χ0) is 36.3. The summed E-state index contributed by atoms with van der Waals surface area (Å²) in [6.07, 6.45) is 5.67. The zero-order valence-electron chi connectivity index (χ0n) is 29.8. The van der Waals surface area contributed by atoms with Gasteiger partial charge >= 0.3 is 0 Å². The monoisotopic (exact) mass is 716 g/mol. The van der Waals surface area contributed by atoms with E-state index in [9.17, 15) is 0 Å². The van der Waals surface area contributed by atoms with Crippen LogP contribution in [-0.2, 0) is 0 Å². The van der Waals surface area contributed by atoms with Crippen LogP contribution in [0, 0.1) is 0 Å². The van der Waals surface area contributed by atoms with E-state index in [0.717, 1.165) is 66.4 Å². The largest absolute Gasteiger partial charge is 0.256 e. The van der Waals surface area contributed by atoms with Crippen molar-refractivity contribution in [2.75, 3.05) is 0 Å². The lowest BCUT2D eigenvalue weighted by molar-refractivity contribution is 1.31. The van der Waals surface area contributed by atoms with Crippen molar-refractivity contribution >= 4 is 61.5 Å². The minimum Gasteiger partial charge on any atom is -0.256 e. The lowest BCUT2D eigenvalue weighted by Crippen LogP contribution is -2.72. The average molecular weight is 717 g/mol. The number of para-hydroxylation sites is 1. The summed E-state index contributed by atoms with van der Waals surface area (Å²) in [6, 6.07) is 63.7. The first-order valence-electron chi connectivity index (χ1n) is 18.6. The molecule has 0 saturated carbocycles. The second kappa shape index (κ2) is 12.5. The summed E-state index contributed by atoms with van der Waals surface area (Å²) < 4.78 is 0. The van der Waals surface area contributed by atoms with Gasteiger partial charge in [-0.1, -0.05) is 146 Å². The molecule has 0 aliphatic carbocycles. The van der Waals surface area contributed by atoms with Crippen molar-refractivity contribution in [2.24, 2.45) is 0 Å². The summed E-state index contributed by atoms with van der Waals surface area (Å²) in [5.41, 5.74) is 11.3. The minimum absolute atomic E-state index is 0.871. The molecule has 0 N–H and O–H groups in total. The van der Waals surface area contributed by atoms with Gasteiger partial charge in [-0.25, -0.2) is 4.98 Å². The second-order valence-electron chi connectivity index (χ2n) is 14.2. The quantitative estimate of drug-likeness (QED) is 0.132. The fourth-order valence-corrected chi connectivity index (χ4v) is 14.0. The third-order valence-electron chi connectivity index (χ3n) is 11.2. The van der Waals surface area contributed by atoms with Crippen LogP contribution in [0.15, 0.2) is 195 Å². The Balaban J connectivity index is 1.17. The van der Waals surface area contributed by atoms with E-state index in [4.69, 9.17) is 15.0 Å². The first-order chi connectivity index (χ1) is 27.3. The minimum atomic E-state index is -2.69. The first kappa shape index (κ1) is 31.4. The number of aromatic nitrogens is 4. The molecule has 0 fully saturated rings. The van der Waals surface area contributed by atoms with Gasteiger partial charge in [0.05, 0.1) is 27.9 Å². The van der Waals surface area contributed by atoms with E-state index in [-0.39, 0.29) is 0 Å². The standard InChI is InChI=1S/C50H32N4Si/c1-3-15-39(16-4-1)55(40-17-5-2-6-18-40)46-21-8-7-19-41(46)42-25-24-35(31-47(42)55)44-29-37(30-45(54-44)43-20-9-12-33-13-10-26-51-48(33)43)38-28-36-23-22-34-14-11-27-52-49(34)50(36)53-32-38/h1-32H. The molecule has 0 amide bonds. The number of nitrogens with zero attached hydrogens (tertiary/aromatic N) is 4. The molecule has 0 saturated heterocycles. The Morgan fingerprint density at radius 3 is 1.76 bits per heavy atom. The molecular formula is C50H32N4Si. The van der Waals surface area contributed by atoms with Gasteiger partial charge in [-0.15, -0.1) is 0 Å². The molecule has 10 aromatic rings. The molecule has 0 spiro atoms. The molecule has 5 heteroatoms. The highest BCUT2D eigenvalue weighted by molar-refractivity contribution is 7.22. The van der Waals surface area contributed by atoms with Crippen molar-refractivity contribution in [1.82, 2.24) is 19.9 Å². The van der Waals surface area contributed by atoms with E-state index in [2.05, 4.69) is 169 Å². The van der Waals surface area contributed by atoms with Crippen LogP contribution in [0.2, 0.25) is 0 Å². The predicted octanol–water partition coefficient (Wildman–Crippen LogP) is 9.09. The van der Waals surface area contributed by atoms with Crippen LogP contribution in [0.25, 0.3) is 77.5 Å². The third-order valence-corrected chi connectivity index (χ3v) is 16.1. The van der Waals surface area contributed by atoms with E-state index in [1.54, 1.807) is 0 Å². The molecule has 6 aromatic carbocycles. The average Bonchev–Trinajstić information content (AvgIpc) is 3.57. The molecule has 1 aliphatic rings. The predicted molar refractivity (Wildman–Crippen MR) is 229 cm³/mol. The normalized spacial score (nSPS) is 12.9. The van der Waals surface area contributed by atoms with Crippen molar-refractivity contribution in [1.29, 1.82) is 0 Å². The Bertz CT molecular complexity index is 3060. The smallest absolute Gasteiger partial charge is 0.180 e. The maximum absolute atomic E-state index is 5.47. The summed E-state index contributed by atoms with van der Waals surface area (Å²) in [7, 11) is -2.69. The van der Waals surface area contributed by atoms with E-state index in [0.29, 0.717) is 0 Å². The van der Waals surface area contributed by atoms with Gasteiger partial charge in [-0.3, -0.25) is 15.0 Å². The number of pyridine rings is 4. The Morgan fingerprint density at radius 2 is 0.964 bits per heavy atom. The second-order valence-corrected chi connectivity index (χ2v) is 18.0. The molecule has 0 atom stereocenters. The number of rotatable bonds is 5. The lowest BCUT2D eigenvalue weighted by Gasteiger charge is -2.31. The maximum atomic E-state index is 5.47. The third kappa shape index (κ3) is 4.90. The Kier molecular flexibility index (Phi) is 7.15. The van der Waals surface area contributed by atoms with Crippen molar-refractivity contribution in [3.8, 4) is 44.8 Å². The van der Waals surface area contributed by atoms with Crippen LogP contribution in [0.3, 0.4) is 0 Å². The highest BCUT2D eigenvalue weighted by Gasteiger charge is 2.48. The number of benzene rings is 6. The number of fused-ring (bicyclic) bond motifs is 7. The molecule has 11 rings (SSSR count). The molecule has 1 aliphatic heterocycles. The van der Waals surface area contributed by atoms with E-state index >= 15 is 0 Å². The molecule has 256 valence electrons. The first-order valence-corrected chi connectivity index (χ1v) is 20.6. The Labute approximate surface area is 319 Å². The van der Waals surface area contributed by atoms with Crippen LogP contribution >= 0.6 is 0 Å². The van der Waals surface area contributed by atoms with Crippen molar-refractivity contribution < 1.29 is 0 Å². The fraction of sp³-hybridized carbons (Fsp3) is 0. The van der Waals surface area contributed by atoms with E-state index in [1.807, 2.05) is 30.7 Å². The molecule has 55 heavy (non-hydrogen) atoms. The summed E-state index contributed by atoms with van der Waals surface area (Å²) in [6.45, 7) is 0. The number of hydrogen-bond acceptors (Lipinski definition) is 4. The van der Waals surface area contributed by atoms with Crippen molar-refractivity contribution in [3.63, 3.8) is 0 Å². The van der Waals surface area contributed by atoms with E-state index < -0.39 is 8.07 Å². The van der Waals surface area contributed by atoms with Crippen LogP contribution in [0.5, 0.6) is 0 Å². The van der Waals surface area contributed by atoms with Crippen molar-refractivity contribution in [3.05, 3.63) is 195 Å². The van der Waals surface area contributed by atoms with Gasteiger partial charge in [-0.05, 0) is 67.8 Å². The van der Waals surface area contributed by atoms with Gasteiger partial charge < -0.3 is 0 Å². The summed E-state index contributed by atoms with van der Waals surface area (Å²) in [5.74, 6) is 0. The molecule has 0 radical (unpaired) electrons. The molecule has 0 bridgehead atoms. The zero-order valence-corrected chi connectivity index (χ0v) is 30.8.